The minimum atomic E-state index is 0.849. The maximum Gasteiger partial charge on any atom is 0.137 e. The Morgan fingerprint density at radius 1 is 0.339 bits per heavy atom. The van der Waals surface area contributed by atoms with E-state index in [0.29, 0.717) is 0 Å². The normalized spacial score (nSPS) is 12.1. The third kappa shape index (κ3) is 4.53. The fourth-order valence-electron chi connectivity index (χ4n) is 9.05. The van der Waals surface area contributed by atoms with Crippen LogP contribution in [0.4, 0.5) is 17.1 Å². The van der Waals surface area contributed by atoms with Gasteiger partial charge in [-0.3, -0.25) is 0 Å². The first-order chi connectivity index (χ1) is 27.8. The zero-order valence-electron chi connectivity index (χ0n) is 30.3. The Kier molecular flexibility index (Phi) is 6.60. The van der Waals surface area contributed by atoms with Crippen LogP contribution >= 0.6 is 0 Å². The molecule has 0 bridgehead atoms. The van der Waals surface area contributed by atoms with Gasteiger partial charge in [0.15, 0.2) is 0 Å². The summed E-state index contributed by atoms with van der Waals surface area (Å²) in [4.78, 5) is 2.38. The number of nitrogens with zero attached hydrogens (tertiary/aromatic N) is 3. The number of hydrogen-bond donors (Lipinski definition) is 0. The first-order valence-electron chi connectivity index (χ1n) is 19.1. The predicted octanol–water partition coefficient (Wildman–Crippen LogP) is 14.3. The molecule has 56 heavy (non-hydrogen) atoms. The molecule has 4 nitrogen and oxygen atoms in total. The van der Waals surface area contributed by atoms with Crippen LogP contribution in [0.3, 0.4) is 0 Å². The highest BCUT2D eigenvalue weighted by molar-refractivity contribution is 6.13. The van der Waals surface area contributed by atoms with Gasteiger partial charge in [0.25, 0.3) is 0 Å². The lowest BCUT2D eigenvalue weighted by molar-refractivity contribution is 0.487. The highest BCUT2D eigenvalue weighted by Gasteiger charge is 2.24. The van der Waals surface area contributed by atoms with Crippen molar-refractivity contribution in [2.45, 2.75) is 0 Å². The molecule has 0 N–H and O–H groups in total. The standard InChI is InChI=1S/C52H33N3O/c1-3-15-35(16-4-1)54-46-22-9-7-19-40(46)44-31-37(26-29-48(44)54)53(39-25-28-42-43-21-11-13-34-14-12-24-50(52(34)43)56-51(42)33-39)38-27-30-49-45(32-38)41-20-8-10-23-47(41)55(49)36-17-5-2-6-18-36/h1-33H. The molecule has 1 aliphatic heterocycles. The number of aromatic nitrogens is 2. The number of hydrogen-bond acceptors (Lipinski definition) is 2. The summed E-state index contributed by atoms with van der Waals surface area (Å²) in [6, 6.07) is 72.0. The van der Waals surface area contributed by atoms with Crippen molar-refractivity contribution in [3.8, 4) is 34.0 Å². The van der Waals surface area contributed by atoms with Gasteiger partial charge in [0.1, 0.15) is 11.5 Å². The molecule has 1 aliphatic rings. The number of ether oxygens (including phenoxy) is 1. The van der Waals surface area contributed by atoms with E-state index in [-0.39, 0.29) is 0 Å². The van der Waals surface area contributed by atoms with Crippen molar-refractivity contribution in [3.63, 3.8) is 0 Å². The third-order valence-electron chi connectivity index (χ3n) is 11.5. The van der Waals surface area contributed by atoms with Crippen LogP contribution in [0, 0.1) is 0 Å². The van der Waals surface area contributed by atoms with Crippen LogP contribution in [0.2, 0.25) is 0 Å². The van der Waals surface area contributed by atoms with Gasteiger partial charge in [-0.15, -0.1) is 0 Å². The SMILES string of the molecule is c1ccc(-n2c3ccccc3c3cc(N(c4ccc5c(c4)Oc4cccc6cccc-5c46)c4ccc5c(c4)c4ccccc4n5-c4ccccc4)ccc32)cc1. The van der Waals surface area contributed by atoms with Crippen LogP contribution < -0.4 is 9.64 Å². The van der Waals surface area contributed by atoms with E-state index in [9.17, 15) is 0 Å². The molecule has 0 radical (unpaired) electrons. The molecule has 12 rings (SSSR count). The van der Waals surface area contributed by atoms with Crippen LogP contribution in [0.1, 0.15) is 0 Å². The zero-order valence-corrected chi connectivity index (χ0v) is 30.3. The largest absolute Gasteiger partial charge is 0.456 e. The summed E-state index contributed by atoms with van der Waals surface area (Å²) in [6.45, 7) is 0. The summed E-state index contributed by atoms with van der Waals surface area (Å²) in [6.07, 6.45) is 0. The molecule has 9 aromatic carbocycles. The highest BCUT2D eigenvalue weighted by Crippen LogP contribution is 2.49. The highest BCUT2D eigenvalue weighted by atomic mass is 16.5. The fourth-order valence-corrected chi connectivity index (χ4v) is 9.05. The van der Waals surface area contributed by atoms with Crippen molar-refractivity contribution >= 4 is 71.4 Å². The van der Waals surface area contributed by atoms with Crippen molar-refractivity contribution in [3.05, 3.63) is 200 Å². The second-order valence-electron chi connectivity index (χ2n) is 14.6. The van der Waals surface area contributed by atoms with E-state index >= 15 is 0 Å². The molecule has 0 aliphatic carbocycles. The van der Waals surface area contributed by atoms with Gasteiger partial charge in [-0.25, -0.2) is 0 Å². The van der Waals surface area contributed by atoms with E-state index in [1.807, 2.05) is 0 Å². The Balaban J connectivity index is 1.10. The van der Waals surface area contributed by atoms with Crippen molar-refractivity contribution in [1.29, 1.82) is 0 Å². The van der Waals surface area contributed by atoms with Crippen LogP contribution in [0.15, 0.2) is 200 Å². The predicted molar refractivity (Wildman–Crippen MR) is 233 cm³/mol. The van der Waals surface area contributed by atoms with E-state index in [2.05, 4.69) is 214 Å². The molecule has 0 saturated heterocycles. The number of benzene rings is 9. The van der Waals surface area contributed by atoms with Crippen molar-refractivity contribution in [2.24, 2.45) is 0 Å². The minimum Gasteiger partial charge on any atom is -0.456 e. The van der Waals surface area contributed by atoms with E-state index in [1.54, 1.807) is 0 Å². The minimum absolute atomic E-state index is 0.849. The zero-order chi connectivity index (χ0) is 36.7. The van der Waals surface area contributed by atoms with Gasteiger partial charge < -0.3 is 18.8 Å². The monoisotopic (exact) mass is 715 g/mol. The number of rotatable bonds is 5. The summed E-state index contributed by atoms with van der Waals surface area (Å²) in [5, 5.41) is 7.17. The molecule has 0 unspecified atom stereocenters. The number of fused-ring (bicyclic) bond motifs is 8. The van der Waals surface area contributed by atoms with Crippen molar-refractivity contribution in [1.82, 2.24) is 9.13 Å². The van der Waals surface area contributed by atoms with Gasteiger partial charge in [-0.05, 0) is 102 Å². The molecule has 11 aromatic rings. The molecule has 0 spiro atoms. The number of anilines is 3. The van der Waals surface area contributed by atoms with Gasteiger partial charge in [0.05, 0.1) is 22.1 Å². The van der Waals surface area contributed by atoms with Gasteiger partial charge in [-0.2, -0.15) is 0 Å². The maximum atomic E-state index is 6.74. The van der Waals surface area contributed by atoms with Crippen LogP contribution in [-0.4, -0.2) is 9.13 Å². The first kappa shape index (κ1) is 30.9. The lowest BCUT2D eigenvalue weighted by Crippen LogP contribution is -2.10. The van der Waals surface area contributed by atoms with Gasteiger partial charge in [-0.1, -0.05) is 103 Å². The first-order valence-corrected chi connectivity index (χ1v) is 19.1. The molecule has 0 atom stereocenters. The molecule has 0 fully saturated rings. The van der Waals surface area contributed by atoms with Crippen LogP contribution in [0.5, 0.6) is 11.5 Å². The molecular formula is C52H33N3O. The topological polar surface area (TPSA) is 22.3 Å². The molecule has 0 saturated carbocycles. The van der Waals surface area contributed by atoms with Gasteiger partial charge >= 0.3 is 0 Å². The van der Waals surface area contributed by atoms with E-state index in [1.165, 1.54) is 54.6 Å². The second-order valence-corrected chi connectivity index (χ2v) is 14.6. The average molecular weight is 716 g/mol. The van der Waals surface area contributed by atoms with E-state index in [0.717, 1.165) is 50.9 Å². The Bertz CT molecular complexity index is 3180. The van der Waals surface area contributed by atoms with Crippen LogP contribution in [-0.2, 0) is 0 Å². The third-order valence-corrected chi connectivity index (χ3v) is 11.5. The van der Waals surface area contributed by atoms with Crippen LogP contribution in [0.25, 0.3) is 76.9 Å². The molecule has 2 aromatic heterocycles. The Morgan fingerprint density at radius 2 is 0.839 bits per heavy atom. The lowest BCUT2D eigenvalue weighted by atomic mass is 9.94. The average Bonchev–Trinajstić information content (AvgIpc) is 3.77. The fraction of sp³-hybridized carbons (Fsp3) is 0. The van der Waals surface area contributed by atoms with Gasteiger partial charge in [0.2, 0.25) is 0 Å². The second kappa shape index (κ2) is 12.0. The molecule has 3 heterocycles. The summed E-state index contributed by atoms with van der Waals surface area (Å²) >= 11 is 0. The summed E-state index contributed by atoms with van der Waals surface area (Å²) in [5.74, 6) is 1.74. The smallest absolute Gasteiger partial charge is 0.137 e. The van der Waals surface area contributed by atoms with E-state index in [4.69, 9.17) is 4.74 Å². The maximum absolute atomic E-state index is 6.74. The molecule has 262 valence electrons. The Labute approximate surface area is 323 Å². The van der Waals surface area contributed by atoms with Gasteiger partial charge in [0, 0.05) is 67.0 Å². The summed E-state index contributed by atoms with van der Waals surface area (Å²) in [7, 11) is 0. The summed E-state index contributed by atoms with van der Waals surface area (Å²) in [5.41, 5.74) is 12.4. The molecular weight excluding hydrogens is 683 g/mol. The lowest BCUT2D eigenvalue weighted by Gasteiger charge is -2.28. The van der Waals surface area contributed by atoms with Crippen molar-refractivity contribution < 1.29 is 4.74 Å². The Morgan fingerprint density at radius 3 is 1.45 bits per heavy atom. The number of para-hydroxylation sites is 4. The quantitative estimate of drug-likeness (QED) is 0.177. The summed E-state index contributed by atoms with van der Waals surface area (Å²) < 4.78 is 11.5. The Hall–Kier alpha value is -7.56. The molecule has 4 heteroatoms. The van der Waals surface area contributed by atoms with Crippen molar-refractivity contribution in [2.75, 3.05) is 4.90 Å². The molecule has 0 amide bonds. The van der Waals surface area contributed by atoms with E-state index < -0.39 is 0 Å².